The van der Waals surface area contributed by atoms with Crippen LogP contribution in [0.15, 0.2) is 24.3 Å². The number of nitrogens with zero attached hydrogens (tertiary/aromatic N) is 1. The van der Waals surface area contributed by atoms with Gasteiger partial charge in [0.2, 0.25) is 0 Å². The highest BCUT2D eigenvalue weighted by atomic mass is 35.5. The molecule has 5 heteroatoms. The number of halogens is 4. The molecule has 0 unspecified atom stereocenters. The van der Waals surface area contributed by atoms with Gasteiger partial charge in [-0.25, -0.2) is 4.58 Å². The fraction of sp³-hybridized carbons (Fsp3) is 0.300. The number of hydrogen-bond donors (Lipinski definition) is 0. The summed E-state index contributed by atoms with van der Waals surface area (Å²) in [4.78, 5) is 0. The summed E-state index contributed by atoms with van der Waals surface area (Å²) in [5.41, 5.74) is -0.418. The van der Waals surface area contributed by atoms with Crippen molar-refractivity contribution in [2.24, 2.45) is 0 Å². The molecule has 0 aliphatic carbocycles. The lowest BCUT2D eigenvalue weighted by Crippen LogP contribution is -3.00. The molecule has 0 aliphatic rings. The van der Waals surface area contributed by atoms with Crippen LogP contribution in [0.1, 0.15) is 11.1 Å². The average Bonchev–Trinajstić information content (AvgIpc) is 2.01. The largest absolute Gasteiger partial charge is 1.00 e. The van der Waals surface area contributed by atoms with Gasteiger partial charge in [-0.05, 0) is 12.1 Å². The van der Waals surface area contributed by atoms with E-state index in [-0.39, 0.29) is 18.0 Å². The number of hydrogen-bond acceptors (Lipinski definition) is 0. The van der Waals surface area contributed by atoms with Crippen LogP contribution in [0.2, 0.25) is 0 Å². The van der Waals surface area contributed by atoms with Gasteiger partial charge < -0.3 is 12.4 Å². The SMILES string of the molecule is C[N+](C)=Cc1ccccc1C(F)(F)F.[Cl-]. The van der Waals surface area contributed by atoms with Crippen molar-refractivity contribution in [2.75, 3.05) is 14.1 Å². The minimum Gasteiger partial charge on any atom is -1.00 e. The van der Waals surface area contributed by atoms with Crippen molar-refractivity contribution in [1.29, 1.82) is 0 Å². The van der Waals surface area contributed by atoms with E-state index in [0.29, 0.717) is 0 Å². The summed E-state index contributed by atoms with van der Waals surface area (Å²) in [5, 5.41) is 0. The topological polar surface area (TPSA) is 3.01 Å². The maximum atomic E-state index is 12.5. The first-order valence-corrected chi connectivity index (χ1v) is 4.09. The molecule has 0 saturated heterocycles. The summed E-state index contributed by atoms with van der Waals surface area (Å²) in [6.07, 6.45) is -2.84. The molecule has 0 amide bonds. The molecule has 15 heavy (non-hydrogen) atoms. The van der Waals surface area contributed by atoms with Crippen LogP contribution in [-0.4, -0.2) is 24.9 Å². The molecule has 1 aromatic rings. The third-order valence-electron chi connectivity index (χ3n) is 1.66. The number of benzene rings is 1. The molecule has 0 aromatic heterocycles. The van der Waals surface area contributed by atoms with Gasteiger partial charge in [-0.15, -0.1) is 0 Å². The number of rotatable bonds is 1. The minimum absolute atomic E-state index is 0. The Balaban J connectivity index is 0.00000196. The Morgan fingerprint density at radius 3 is 2.13 bits per heavy atom. The molecular weight excluding hydrogens is 227 g/mol. The van der Waals surface area contributed by atoms with E-state index in [0.717, 1.165) is 6.07 Å². The van der Waals surface area contributed by atoms with Gasteiger partial charge in [0.25, 0.3) is 0 Å². The van der Waals surface area contributed by atoms with Crippen LogP contribution in [0.4, 0.5) is 13.2 Å². The number of alkyl halides is 3. The molecule has 0 radical (unpaired) electrons. The van der Waals surface area contributed by atoms with Crippen LogP contribution in [0.5, 0.6) is 0 Å². The van der Waals surface area contributed by atoms with Crippen LogP contribution in [-0.2, 0) is 6.18 Å². The van der Waals surface area contributed by atoms with E-state index in [1.807, 2.05) is 0 Å². The molecule has 84 valence electrons. The first-order valence-electron chi connectivity index (χ1n) is 4.09. The predicted octanol–water partition coefficient (Wildman–Crippen LogP) is -0.600. The van der Waals surface area contributed by atoms with Crippen molar-refractivity contribution in [3.63, 3.8) is 0 Å². The maximum Gasteiger partial charge on any atom is 0.417 e. The molecule has 0 fully saturated rings. The Kier molecular flexibility index (Phi) is 4.81. The molecule has 1 nitrogen and oxygen atoms in total. The Bertz CT molecular complexity index is 354. The highest BCUT2D eigenvalue weighted by molar-refractivity contribution is 5.78. The summed E-state index contributed by atoms with van der Waals surface area (Å²) in [5.74, 6) is 0. The summed E-state index contributed by atoms with van der Waals surface area (Å²) in [6, 6.07) is 5.50. The minimum atomic E-state index is -4.29. The highest BCUT2D eigenvalue weighted by Gasteiger charge is 2.33. The van der Waals surface area contributed by atoms with E-state index in [1.54, 1.807) is 24.7 Å². The summed E-state index contributed by atoms with van der Waals surface area (Å²) >= 11 is 0. The highest BCUT2D eigenvalue weighted by Crippen LogP contribution is 2.30. The molecule has 0 saturated carbocycles. The van der Waals surface area contributed by atoms with Crippen molar-refractivity contribution >= 4 is 6.21 Å². The van der Waals surface area contributed by atoms with Crippen molar-refractivity contribution < 1.29 is 30.2 Å². The van der Waals surface area contributed by atoms with E-state index in [1.165, 1.54) is 18.3 Å². The van der Waals surface area contributed by atoms with Gasteiger partial charge in [-0.2, -0.15) is 13.2 Å². The fourth-order valence-electron chi connectivity index (χ4n) is 1.15. The summed E-state index contributed by atoms with van der Waals surface area (Å²) in [7, 11) is 3.38. The van der Waals surface area contributed by atoms with E-state index < -0.39 is 11.7 Å². The van der Waals surface area contributed by atoms with Gasteiger partial charge in [0.1, 0.15) is 14.1 Å². The van der Waals surface area contributed by atoms with E-state index in [2.05, 4.69) is 0 Å². The van der Waals surface area contributed by atoms with Gasteiger partial charge in [0, 0.05) is 5.56 Å². The first-order chi connectivity index (χ1) is 6.41. The van der Waals surface area contributed by atoms with Gasteiger partial charge >= 0.3 is 6.18 Å². The van der Waals surface area contributed by atoms with Crippen LogP contribution >= 0.6 is 0 Å². The molecule has 1 rings (SSSR count). The molecular formula is C10H11ClF3N. The molecule has 0 aliphatic heterocycles. The molecule has 0 spiro atoms. The van der Waals surface area contributed by atoms with Crippen LogP contribution in [0.25, 0.3) is 0 Å². The van der Waals surface area contributed by atoms with Crippen LogP contribution in [0, 0.1) is 0 Å². The predicted molar refractivity (Wildman–Crippen MR) is 48.7 cm³/mol. The Hall–Kier alpha value is -1.03. The second-order valence-corrected chi connectivity index (χ2v) is 3.18. The Morgan fingerprint density at radius 2 is 1.67 bits per heavy atom. The van der Waals surface area contributed by atoms with Crippen molar-refractivity contribution in [3.8, 4) is 0 Å². The standard InChI is InChI=1S/C10H11F3N.ClH/c1-14(2)7-8-5-3-4-6-9(8)10(11,12)13;/h3-7H,1-2H3;1H/q+1;/p-1. The van der Waals surface area contributed by atoms with Gasteiger partial charge in [0.05, 0.1) is 5.56 Å². The normalized spacial score (nSPS) is 10.5. The Labute approximate surface area is 92.6 Å². The molecule has 0 N–H and O–H groups in total. The quantitative estimate of drug-likeness (QED) is 0.453. The summed E-state index contributed by atoms with van der Waals surface area (Å²) in [6.45, 7) is 0. The average molecular weight is 238 g/mol. The molecule has 0 atom stereocenters. The summed E-state index contributed by atoms with van der Waals surface area (Å²) < 4.78 is 39.0. The van der Waals surface area contributed by atoms with Crippen molar-refractivity contribution in [2.45, 2.75) is 6.18 Å². The first kappa shape index (κ1) is 14.0. The van der Waals surface area contributed by atoms with Gasteiger partial charge in [-0.3, -0.25) is 0 Å². The zero-order valence-electron chi connectivity index (χ0n) is 8.35. The van der Waals surface area contributed by atoms with E-state index >= 15 is 0 Å². The van der Waals surface area contributed by atoms with Gasteiger partial charge in [-0.1, -0.05) is 12.1 Å². The second kappa shape index (κ2) is 5.16. The van der Waals surface area contributed by atoms with E-state index in [4.69, 9.17) is 0 Å². The monoisotopic (exact) mass is 237 g/mol. The molecule has 1 aromatic carbocycles. The fourth-order valence-corrected chi connectivity index (χ4v) is 1.15. The maximum absolute atomic E-state index is 12.5. The molecule has 0 bridgehead atoms. The van der Waals surface area contributed by atoms with E-state index in [9.17, 15) is 13.2 Å². The Morgan fingerprint density at radius 1 is 1.13 bits per heavy atom. The zero-order chi connectivity index (χ0) is 10.8. The van der Waals surface area contributed by atoms with Crippen LogP contribution in [0.3, 0.4) is 0 Å². The second-order valence-electron chi connectivity index (χ2n) is 3.18. The lowest BCUT2D eigenvalue weighted by Gasteiger charge is -2.08. The zero-order valence-corrected chi connectivity index (χ0v) is 9.10. The smallest absolute Gasteiger partial charge is 0.417 e. The van der Waals surface area contributed by atoms with Crippen LogP contribution < -0.4 is 12.4 Å². The molecule has 0 heterocycles. The lowest BCUT2D eigenvalue weighted by molar-refractivity contribution is -0.458. The lowest BCUT2D eigenvalue weighted by atomic mass is 10.1. The third kappa shape index (κ3) is 3.91. The van der Waals surface area contributed by atoms with Crippen molar-refractivity contribution in [3.05, 3.63) is 35.4 Å². The van der Waals surface area contributed by atoms with Gasteiger partial charge in [0.15, 0.2) is 6.21 Å². The third-order valence-corrected chi connectivity index (χ3v) is 1.66. The van der Waals surface area contributed by atoms with Crippen molar-refractivity contribution in [1.82, 2.24) is 0 Å².